The molecule has 0 saturated heterocycles. The quantitative estimate of drug-likeness (QED) is 0.703. The lowest BCUT2D eigenvalue weighted by Crippen LogP contribution is -2.50. The van der Waals surface area contributed by atoms with Gasteiger partial charge < -0.3 is 14.6 Å². The predicted octanol–water partition coefficient (Wildman–Crippen LogP) is 1.24. The Bertz CT molecular complexity index is 268. The van der Waals surface area contributed by atoms with Gasteiger partial charge in [0.05, 0.1) is 12.2 Å². The van der Waals surface area contributed by atoms with E-state index in [0.717, 1.165) is 0 Å². The van der Waals surface area contributed by atoms with Crippen LogP contribution in [0.15, 0.2) is 12.3 Å². The molecule has 0 aromatic rings. The molecular formula is C11H18O4. The van der Waals surface area contributed by atoms with Crippen molar-refractivity contribution < 1.29 is 19.4 Å². The molecule has 1 aliphatic rings. The fraction of sp³-hybridized carbons (Fsp3) is 0.727. The second-order valence-corrected chi connectivity index (χ2v) is 4.38. The van der Waals surface area contributed by atoms with Crippen LogP contribution in [0.5, 0.6) is 0 Å². The standard InChI is InChI=1S/C11H18O4/c1-7(2)10(12)15-9-8(3)14-6-5-11(9,4)13/h5-9,13H,1-4H3/t8-,9-,11-/m0/s1. The molecule has 86 valence electrons. The van der Waals surface area contributed by atoms with Crippen LogP contribution in [0.4, 0.5) is 0 Å². The summed E-state index contributed by atoms with van der Waals surface area (Å²) in [7, 11) is 0. The lowest BCUT2D eigenvalue weighted by Gasteiger charge is -2.36. The van der Waals surface area contributed by atoms with E-state index in [2.05, 4.69) is 0 Å². The van der Waals surface area contributed by atoms with E-state index in [0.29, 0.717) is 0 Å². The Morgan fingerprint density at radius 1 is 1.60 bits per heavy atom. The molecule has 4 nitrogen and oxygen atoms in total. The van der Waals surface area contributed by atoms with E-state index >= 15 is 0 Å². The molecule has 1 heterocycles. The summed E-state index contributed by atoms with van der Waals surface area (Å²) >= 11 is 0. The molecule has 0 bridgehead atoms. The Hall–Kier alpha value is -1.03. The summed E-state index contributed by atoms with van der Waals surface area (Å²) in [5, 5.41) is 9.99. The van der Waals surface area contributed by atoms with Crippen molar-refractivity contribution in [2.45, 2.75) is 45.5 Å². The topological polar surface area (TPSA) is 55.8 Å². The molecule has 0 saturated carbocycles. The van der Waals surface area contributed by atoms with Gasteiger partial charge in [0.25, 0.3) is 0 Å². The van der Waals surface area contributed by atoms with E-state index in [9.17, 15) is 9.90 Å². The molecule has 1 N–H and O–H groups in total. The average Bonchev–Trinajstić information content (AvgIpc) is 2.10. The van der Waals surface area contributed by atoms with E-state index in [-0.39, 0.29) is 18.0 Å². The first-order valence-corrected chi connectivity index (χ1v) is 5.10. The maximum absolute atomic E-state index is 11.4. The van der Waals surface area contributed by atoms with Crippen molar-refractivity contribution in [2.75, 3.05) is 0 Å². The minimum absolute atomic E-state index is 0.209. The van der Waals surface area contributed by atoms with Crippen molar-refractivity contribution in [2.24, 2.45) is 5.92 Å². The third-order valence-corrected chi connectivity index (χ3v) is 2.42. The Balaban J connectivity index is 2.74. The van der Waals surface area contributed by atoms with E-state index in [1.807, 2.05) is 0 Å². The minimum atomic E-state index is -1.16. The molecule has 1 rings (SSSR count). The molecule has 0 spiro atoms. The van der Waals surface area contributed by atoms with Crippen LogP contribution in [0, 0.1) is 5.92 Å². The molecule has 0 aliphatic carbocycles. The van der Waals surface area contributed by atoms with Gasteiger partial charge in [-0.05, 0) is 19.9 Å². The van der Waals surface area contributed by atoms with Gasteiger partial charge in [0.15, 0.2) is 6.10 Å². The van der Waals surface area contributed by atoms with Gasteiger partial charge in [0.2, 0.25) is 0 Å². The minimum Gasteiger partial charge on any atom is -0.495 e. The van der Waals surface area contributed by atoms with Crippen LogP contribution in [0.2, 0.25) is 0 Å². The van der Waals surface area contributed by atoms with Gasteiger partial charge >= 0.3 is 5.97 Å². The largest absolute Gasteiger partial charge is 0.495 e. The van der Waals surface area contributed by atoms with Crippen LogP contribution in [0.1, 0.15) is 27.7 Å². The lowest BCUT2D eigenvalue weighted by molar-refractivity contribution is -0.177. The van der Waals surface area contributed by atoms with Crippen LogP contribution in [0.25, 0.3) is 0 Å². The van der Waals surface area contributed by atoms with Crippen molar-refractivity contribution >= 4 is 5.97 Å². The molecule has 0 unspecified atom stereocenters. The zero-order valence-corrected chi connectivity index (χ0v) is 9.56. The van der Waals surface area contributed by atoms with E-state index in [1.165, 1.54) is 12.3 Å². The maximum Gasteiger partial charge on any atom is 0.308 e. The zero-order chi connectivity index (χ0) is 11.6. The Morgan fingerprint density at radius 2 is 2.20 bits per heavy atom. The lowest BCUT2D eigenvalue weighted by atomic mass is 9.93. The number of hydrogen-bond donors (Lipinski definition) is 1. The van der Waals surface area contributed by atoms with E-state index in [4.69, 9.17) is 9.47 Å². The van der Waals surface area contributed by atoms with Crippen LogP contribution >= 0.6 is 0 Å². The molecule has 0 radical (unpaired) electrons. The highest BCUT2D eigenvalue weighted by Gasteiger charge is 2.40. The maximum atomic E-state index is 11.4. The SMILES string of the molecule is CC(C)C(=O)O[C@H]1[C@H](C)OC=C[C@]1(C)O. The average molecular weight is 214 g/mol. The van der Waals surface area contributed by atoms with Crippen LogP contribution in [-0.4, -0.2) is 28.9 Å². The molecule has 0 aromatic heterocycles. The molecule has 0 fully saturated rings. The molecule has 0 aromatic carbocycles. The molecule has 0 amide bonds. The number of rotatable bonds is 2. The number of hydrogen-bond acceptors (Lipinski definition) is 4. The van der Waals surface area contributed by atoms with E-state index in [1.54, 1.807) is 27.7 Å². The van der Waals surface area contributed by atoms with Crippen LogP contribution < -0.4 is 0 Å². The molecule has 3 atom stereocenters. The smallest absolute Gasteiger partial charge is 0.308 e. The number of carbonyl (C=O) groups excluding carboxylic acids is 1. The van der Waals surface area contributed by atoms with Crippen LogP contribution in [0.3, 0.4) is 0 Å². The van der Waals surface area contributed by atoms with Gasteiger partial charge in [0, 0.05) is 0 Å². The van der Waals surface area contributed by atoms with Gasteiger partial charge in [0.1, 0.15) is 11.7 Å². The Morgan fingerprint density at radius 3 is 2.67 bits per heavy atom. The first-order valence-electron chi connectivity index (χ1n) is 5.10. The van der Waals surface area contributed by atoms with Gasteiger partial charge in [-0.25, -0.2) is 0 Å². The summed E-state index contributed by atoms with van der Waals surface area (Å²) in [5.74, 6) is -0.537. The van der Waals surface area contributed by atoms with Crippen molar-refractivity contribution in [1.29, 1.82) is 0 Å². The van der Waals surface area contributed by atoms with Gasteiger partial charge in [-0.15, -0.1) is 0 Å². The Kier molecular flexibility index (Phi) is 3.39. The summed E-state index contributed by atoms with van der Waals surface area (Å²) in [5.41, 5.74) is -1.16. The van der Waals surface area contributed by atoms with Crippen LogP contribution in [-0.2, 0) is 14.3 Å². The zero-order valence-electron chi connectivity index (χ0n) is 9.56. The van der Waals surface area contributed by atoms with Gasteiger partial charge in [-0.2, -0.15) is 0 Å². The van der Waals surface area contributed by atoms with Crippen molar-refractivity contribution in [1.82, 2.24) is 0 Å². The highest BCUT2D eigenvalue weighted by molar-refractivity contribution is 5.71. The summed E-state index contributed by atoms with van der Waals surface area (Å²) < 4.78 is 10.4. The van der Waals surface area contributed by atoms with Gasteiger partial charge in [-0.1, -0.05) is 13.8 Å². The number of aliphatic hydroxyl groups is 1. The Labute approximate surface area is 89.9 Å². The molecule has 15 heavy (non-hydrogen) atoms. The number of esters is 1. The monoisotopic (exact) mass is 214 g/mol. The normalized spacial score (nSPS) is 35.1. The third-order valence-electron chi connectivity index (χ3n) is 2.42. The fourth-order valence-electron chi connectivity index (χ4n) is 1.42. The summed E-state index contributed by atoms with van der Waals surface area (Å²) in [6, 6.07) is 0. The summed E-state index contributed by atoms with van der Waals surface area (Å²) in [6.07, 6.45) is 1.93. The second-order valence-electron chi connectivity index (χ2n) is 4.38. The summed E-state index contributed by atoms with van der Waals surface area (Å²) in [6.45, 7) is 6.86. The second kappa shape index (κ2) is 4.23. The number of ether oxygens (including phenoxy) is 2. The first kappa shape index (κ1) is 12.0. The highest BCUT2D eigenvalue weighted by Crippen LogP contribution is 2.25. The van der Waals surface area contributed by atoms with Crippen molar-refractivity contribution in [3.05, 3.63) is 12.3 Å². The molecular weight excluding hydrogens is 196 g/mol. The first-order chi connectivity index (χ1) is 6.84. The highest BCUT2D eigenvalue weighted by atomic mass is 16.6. The predicted molar refractivity (Wildman–Crippen MR) is 55.0 cm³/mol. The van der Waals surface area contributed by atoms with Crippen molar-refractivity contribution in [3.63, 3.8) is 0 Å². The number of carbonyl (C=O) groups is 1. The van der Waals surface area contributed by atoms with Gasteiger partial charge in [-0.3, -0.25) is 4.79 Å². The van der Waals surface area contributed by atoms with E-state index < -0.39 is 11.7 Å². The molecule has 1 aliphatic heterocycles. The molecule has 4 heteroatoms. The fourth-order valence-corrected chi connectivity index (χ4v) is 1.42. The van der Waals surface area contributed by atoms with Crippen molar-refractivity contribution in [3.8, 4) is 0 Å². The third kappa shape index (κ3) is 2.72. The summed E-state index contributed by atoms with van der Waals surface area (Å²) in [4.78, 5) is 11.4.